The maximum Gasteiger partial charge on any atom is 0.244 e. The van der Waals surface area contributed by atoms with Crippen molar-refractivity contribution < 1.29 is 9.53 Å². The van der Waals surface area contributed by atoms with E-state index in [4.69, 9.17) is 4.74 Å². The molecule has 0 bridgehead atoms. The predicted octanol–water partition coefficient (Wildman–Crippen LogP) is 2.62. The summed E-state index contributed by atoms with van der Waals surface area (Å²) in [4.78, 5) is 11.5. The molecule has 3 heteroatoms. The molecule has 1 aromatic rings. The third-order valence-corrected chi connectivity index (χ3v) is 2.55. The highest BCUT2D eigenvalue weighted by molar-refractivity contribution is 5.92. The maximum absolute atomic E-state index is 11.5. The van der Waals surface area contributed by atoms with E-state index in [9.17, 15) is 4.79 Å². The third kappa shape index (κ3) is 4.31. The summed E-state index contributed by atoms with van der Waals surface area (Å²) in [5.74, 6) is 0.686. The van der Waals surface area contributed by atoms with E-state index in [-0.39, 0.29) is 11.9 Å². The van der Waals surface area contributed by atoms with Crippen LogP contribution in [0, 0.1) is 0 Å². The van der Waals surface area contributed by atoms with Crippen molar-refractivity contribution in [2.75, 3.05) is 7.11 Å². The fraction of sp³-hybridized carbons (Fsp3) is 0.357. The van der Waals surface area contributed by atoms with E-state index >= 15 is 0 Å². The van der Waals surface area contributed by atoms with Gasteiger partial charge >= 0.3 is 0 Å². The molecule has 1 amide bonds. The van der Waals surface area contributed by atoms with Crippen molar-refractivity contribution in [1.29, 1.82) is 0 Å². The zero-order valence-corrected chi connectivity index (χ0v) is 10.6. The summed E-state index contributed by atoms with van der Waals surface area (Å²) in [5, 5.41) is 2.87. The quantitative estimate of drug-likeness (QED) is 0.794. The summed E-state index contributed by atoms with van der Waals surface area (Å²) in [6, 6.07) is 7.78. The Morgan fingerprint density at radius 2 is 2.18 bits per heavy atom. The predicted molar refractivity (Wildman–Crippen MR) is 69.9 cm³/mol. The van der Waals surface area contributed by atoms with E-state index in [0.29, 0.717) is 0 Å². The lowest BCUT2D eigenvalue weighted by molar-refractivity contribution is -0.117. The molecule has 3 nitrogen and oxygen atoms in total. The first-order valence-corrected chi connectivity index (χ1v) is 5.79. The van der Waals surface area contributed by atoms with Gasteiger partial charge in [0.2, 0.25) is 5.91 Å². The second-order valence-electron chi connectivity index (χ2n) is 3.89. The second kappa shape index (κ2) is 6.74. The van der Waals surface area contributed by atoms with Gasteiger partial charge in [-0.15, -0.1) is 0 Å². The number of nitrogens with one attached hydrogen (secondary N) is 1. The molecule has 0 fully saturated rings. The van der Waals surface area contributed by atoms with Crippen molar-refractivity contribution in [3.63, 3.8) is 0 Å². The zero-order chi connectivity index (χ0) is 12.7. The van der Waals surface area contributed by atoms with Crippen molar-refractivity contribution in [3.8, 4) is 5.75 Å². The number of carbonyl (C=O) groups is 1. The number of carbonyl (C=O) groups excluding carboxylic acids is 1. The number of amides is 1. The van der Waals surface area contributed by atoms with Crippen LogP contribution < -0.4 is 10.1 Å². The van der Waals surface area contributed by atoms with Gasteiger partial charge in [0.15, 0.2) is 0 Å². The highest BCUT2D eigenvalue weighted by Crippen LogP contribution is 2.18. The van der Waals surface area contributed by atoms with Crippen LogP contribution in [0.5, 0.6) is 5.75 Å². The van der Waals surface area contributed by atoms with Gasteiger partial charge in [-0.25, -0.2) is 0 Å². The van der Waals surface area contributed by atoms with Gasteiger partial charge in [-0.2, -0.15) is 0 Å². The normalized spacial score (nSPS) is 12.4. The molecule has 0 aromatic heterocycles. The zero-order valence-electron chi connectivity index (χ0n) is 10.6. The monoisotopic (exact) mass is 233 g/mol. The number of benzene rings is 1. The number of para-hydroxylation sites is 1. The summed E-state index contributed by atoms with van der Waals surface area (Å²) in [5.41, 5.74) is 0.898. The number of hydrogen-bond acceptors (Lipinski definition) is 2. The minimum Gasteiger partial charge on any atom is -0.496 e. The highest BCUT2D eigenvalue weighted by atomic mass is 16.5. The number of rotatable bonds is 5. The molecule has 1 rings (SSSR count). The summed E-state index contributed by atoms with van der Waals surface area (Å²) in [7, 11) is 1.62. The van der Waals surface area contributed by atoms with Crippen molar-refractivity contribution in [2.24, 2.45) is 0 Å². The summed E-state index contributed by atoms with van der Waals surface area (Å²) in [6.45, 7) is 4.02. The standard InChI is InChI=1S/C14H19NO2/c1-4-11(2)15-14(16)10-9-12-7-5-6-8-13(12)17-3/h5-11H,4H2,1-3H3,(H,15,16)/b10-9+. The van der Waals surface area contributed by atoms with Crippen molar-refractivity contribution in [3.05, 3.63) is 35.9 Å². The summed E-state index contributed by atoms with van der Waals surface area (Å²) < 4.78 is 5.20. The molecule has 0 aliphatic rings. The van der Waals surface area contributed by atoms with E-state index in [0.717, 1.165) is 17.7 Å². The van der Waals surface area contributed by atoms with Crippen LogP contribution in [-0.2, 0) is 4.79 Å². The molecule has 1 atom stereocenters. The Hall–Kier alpha value is -1.77. The fourth-order valence-electron chi connectivity index (χ4n) is 1.36. The fourth-order valence-corrected chi connectivity index (χ4v) is 1.36. The van der Waals surface area contributed by atoms with E-state index in [1.807, 2.05) is 38.1 Å². The van der Waals surface area contributed by atoms with E-state index in [2.05, 4.69) is 5.32 Å². The van der Waals surface area contributed by atoms with Gasteiger partial charge in [-0.1, -0.05) is 25.1 Å². The van der Waals surface area contributed by atoms with Gasteiger partial charge in [0.25, 0.3) is 0 Å². The van der Waals surface area contributed by atoms with Crippen LogP contribution in [0.4, 0.5) is 0 Å². The van der Waals surface area contributed by atoms with Crippen LogP contribution in [0.15, 0.2) is 30.3 Å². The molecule has 1 aromatic carbocycles. The summed E-state index contributed by atoms with van der Waals surface area (Å²) >= 11 is 0. The second-order valence-corrected chi connectivity index (χ2v) is 3.89. The molecule has 0 saturated carbocycles. The smallest absolute Gasteiger partial charge is 0.244 e. The largest absolute Gasteiger partial charge is 0.496 e. The molecule has 1 N–H and O–H groups in total. The van der Waals surface area contributed by atoms with Crippen LogP contribution in [0.2, 0.25) is 0 Å². The Labute approximate surface area is 102 Å². The van der Waals surface area contributed by atoms with Crippen molar-refractivity contribution >= 4 is 12.0 Å². The van der Waals surface area contributed by atoms with Gasteiger partial charge in [0.1, 0.15) is 5.75 Å². The van der Waals surface area contributed by atoms with Gasteiger partial charge in [-0.05, 0) is 25.5 Å². The van der Waals surface area contributed by atoms with Crippen LogP contribution in [0.25, 0.3) is 6.08 Å². The minimum absolute atomic E-state index is 0.0785. The Morgan fingerprint density at radius 1 is 1.47 bits per heavy atom. The van der Waals surface area contributed by atoms with Gasteiger partial charge in [0, 0.05) is 17.7 Å². The van der Waals surface area contributed by atoms with Crippen molar-refractivity contribution in [2.45, 2.75) is 26.3 Å². The van der Waals surface area contributed by atoms with E-state index in [1.165, 1.54) is 6.08 Å². The number of methoxy groups -OCH3 is 1. The van der Waals surface area contributed by atoms with Gasteiger partial charge in [0.05, 0.1) is 7.11 Å². The molecule has 17 heavy (non-hydrogen) atoms. The van der Waals surface area contributed by atoms with Crippen LogP contribution in [0.1, 0.15) is 25.8 Å². The molecular weight excluding hydrogens is 214 g/mol. The average molecular weight is 233 g/mol. The van der Waals surface area contributed by atoms with Gasteiger partial charge < -0.3 is 10.1 Å². The molecule has 0 aliphatic heterocycles. The molecule has 92 valence electrons. The Bertz CT molecular complexity index is 399. The SMILES string of the molecule is CCC(C)NC(=O)/C=C/c1ccccc1OC. The first kappa shape index (κ1) is 13.3. The summed E-state index contributed by atoms with van der Waals surface area (Å²) in [6.07, 6.45) is 4.22. The number of ether oxygens (including phenoxy) is 1. The molecule has 1 unspecified atom stereocenters. The lowest BCUT2D eigenvalue weighted by atomic mass is 10.2. The number of hydrogen-bond donors (Lipinski definition) is 1. The Kier molecular flexibility index (Phi) is 5.27. The molecule has 0 spiro atoms. The Morgan fingerprint density at radius 3 is 2.82 bits per heavy atom. The minimum atomic E-state index is -0.0785. The highest BCUT2D eigenvalue weighted by Gasteiger charge is 2.02. The first-order valence-electron chi connectivity index (χ1n) is 5.79. The van der Waals surface area contributed by atoms with Crippen LogP contribution in [0.3, 0.4) is 0 Å². The van der Waals surface area contributed by atoms with Crippen LogP contribution in [-0.4, -0.2) is 19.1 Å². The molecule has 0 saturated heterocycles. The van der Waals surface area contributed by atoms with Crippen molar-refractivity contribution in [1.82, 2.24) is 5.32 Å². The molecule has 0 heterocycles. The Balaban J connectivity index is 2.67. The maximum atomic E-state index is 11.5. The lowest BCUT2D eigenvalue weighted by Crippen LogP contribution is -2.30. The topological polar surface area (TPSA) is 38.3 Å². The van der Waals surface area contributed by atoms with Gasteiger partial charge in [-0.3, -0.25) is 4.79 Å². The van der Waals surface area contributed by atoms with E-state index in [1.54, 1.807) is 13.2 Å². The molecule has 0 radical (unpaired) electrons. The van der Waals surface area contributed by atoms with Crippen LogP contribution >= 0.6 is 0 Å². The molecular formula is C14H19NO2. The lowest BCUT2D eigenvalue weighted by Gasteiger charge is -2.08. The average Bonchev–Trinajstić information content (AvgIpc) is 2.36. The van der Waals surface area contributed by atoms with E-state index < -0.39 is 0 Å². The first-order chi connectivity index (χ1) is 8.17. The third-order valence-electron chi connectivity index (χ3n) is 2.55. The molecule has 0 aliphatic carbocycles.